The topological polar surface area (TPSA) is 37.8 Å². The first-order chi connectivity index (χ1) is 7.75. The van der Waals surface area contributed by atoms with E-state index in [1.165, 1.54) is 5.56 Å². The minimum atomic E-state index is 0.209. The number of hydrogen-bond donors (Lipinski definition) is 1. The number of aromatic nitrogens is 2. The molecule has 4 heteroatoms. The first-order valence-corrected chi connectivity index (χ1v) is 5.33. The Balaban J connectivity index is 2.08. The van der Waals surface area contributed by atoms with Crippen molar-refractivity contribution in [3.05, 3.63) is 52.9 Å². The van der Waals surface area contributed by atoms with Crippen molar-refractivity contribution < 1.29 is 0 Å². The lowest BCUT2D eigenvalue weighted by Gasteiger charge is -2.07. The molecule has 2 rings (SSSR count). The largest absolute Gasteiger partial charge is 0.366 e. The molecule has 1 aromatic carbocycles. The second kappa shape index (κ2) is 4.94. The number of halogens is 1. The molecule has 1 heterocycles. The molecule has 0 spiro atoms. The Bertz CT molecular complexity index is 471. The summed E-state index contributed by atoms with van der Waals surface area (Å²) in [4.78, 5) is 7.88. The van der Waals surface area contributed by atoms with Crippen LogP contribution in [0.3, 0.4) is 0 Å². The Morgan fingerprint density at radius 2 is 2.06 bits per heavy atom. The molecular formula is C12H11ClN3. The van der Waals surface area contributed by atoms with E-state index in [0.29, 0.717) is 6.54 Å². The first kappa shape index (κ1) is 10.9. The summed E-state index contributed by atoms with van der Waals surface area (Å²) >= 11 is 5.71. The van der Waals surface area contributed by atoms with Crippen LogP contribution in [-0.2, 0) is 6.54 Å². The van der Waals surface area contributed by atoms with Gasteiger partial charge >= 0.3 is 0 Å². The quantitative estimate of drug-likeness (QED) is 0.827. The smallest absolute Gasteiger partial charge is 0.224 e. The molecular weight excluding hydrogens is 222 g/mol. The van der Waals surface area contributed by atoms with E-state index in [1.54, 1.807) is 0 Å². The number of anilines is 1. The third-order valence-electron chi connectivity index (χ3n) is 2.18. The van der Waals surface area contributed by atoms with Gasteiger partial charge in [0.25, 0.3) is 0 Å². The van der Waals surface area contributed by atoms with Gasteiger partial charge in [-0.2, -0.15) is 0 Å². The monoisotopic (exact) mass is 232 g/mol. The molecule has 0 bridgehead atoms. The molecule has 16 heavy (non-hydrogen) atoms. The molecule has 0 unspecified atom stereocenters. The van der Waals surface area contributed by atoms with E-state index in [4.69, 9.17) is 11.6 Å². The van der Waals surface area contributed by atoms with Crippen LogP contribution >= 0.6 is 11.6 Å². The van der Waals surface area contributed by atoms with Crippen LogP contribution < -0.4 is 5.32 Å². The molecule has 0 aliphatic carbocycles. The van der Waals surface area contributed by atoms with Crippen LogP contribution in [0.4, 0.5) is 5.82 Å². The number of rotatable bonds is 3. The Morgan fingerprint density at radius 1 is 1.31 bits per heavy atom. The number of hydrogen-bond acceptors (Lipinski definition) is 3. The molecule has 0 amide bonds. The van der Waals surface area contributed by atoms with Crippen molar-refractivity contribution in [2.45, 2.75) is 13.5 Å². The number of benzene rings is 1. The lowest BCUT2D eigenvalue weighted by atomic mass is 10.2. The summed E-state index contributed by atoms with van der Waals surface area (Å²) in [5.41, 5.74) is 2.05. The molecule has 0 saturated heterocycles. The van der Waals surface area contributed by atoms with Crippen molar-refractivity contribution in [3.63, 3.8) is 0 Å². The zero-order valence-corrected chi connectivity index (χ0v) is 9.62. The zero-order chi connectivity index (χ0) is 11.4. The Labute approximate surface area is 99.5 Å². The molecule has 0 saturated carbocycles. The Hall–Kier alpha value is -1.61. The van der Waals surface area contributed by atoms with Crippen molar-refractivity contribution in [2.24, 2.45) is 0 Å². The van der Waals surface area contributed by atoms with Gasteiger partial charge in [-0.1, -0.05) is 30.3 Å². The van der Waals surface area contributed by atoms with Crippen LogP contribution in [-0.4, -0.2) is 9.97 Å². The van der Waals surface area contributed by atoms with Crippen LogP contribution in [0.5, 0.6) is 0 Å². The maximum Gasteiger partial charge on any atom is 0.224 e. The average Bonchev–Trinajstić information content (AvgIpc) is 2.32. The summed E-state index contributed by atoms with van der Waals surface area (Å²) in [5, 5.41) is 3.41. The van der Waals surface area contributed by atoms with Crippen LogP contribution in [0.15, 0.2) is 30.3 Å². The highest BCUT2D eigenvalue weighted by atomic mass is 35.5. The first-order valence-electron chi connectivity index (χ1n) is 4.95. The molecule has 0 aliphatic heterocycles. The molecule has 81 valence electrons. The number of nitrogens with zero attached hydrogens (tertiary/aromatic N) is 2. The van der Waals surface area contributed by atoms with Gasteiger partial charge in [-0.25, -0.2) is 9.97 Å². The second-order valence-corrected chi connectivity index (χ2v) is 3.76. The van der Waals surface area contributed by atoms with Gasteiger partial charge in [-0.05, 0) is 24.1 Å². The lowest BCUT2D eigenvalue weighted by molar-refractivity contribution is 1.05. The predicted molar refractivity (Wildman–Crippen MR) is 64.4 cm³/mol. The predicted octanol–water partition coefficient (Wildman–Crippen LogP) is 2.85. The van der Waals surface area contributed by atoms with Gasteiger partial charge in [0.05, 0.1) is 6.20 Å². The minimum absolute atomic E-state index is 0.209. The Morgan fingerprint density at radius 3 is 2.81 bits per heavy atom. The van der Waals surface area contributed by atoms with Gasteiger partial charge in [0.15, 0.2) is 0 Å². The third kappa shape index (κ3) is 2.70. The van der Waals surface area contributed by atoms with Gasteiger partial charge in [0.1, 0.15) is 5.82 Å². The summed E-state index contributed by atoms with van der Waals surface area (Å²) in [7, 11) is 0. The van der Waals surface area contributed by atoms with Crippen LogP contribution in [0.25, 0.3) is 0 Å². The highest BCUT2D eigenvalue weighted by Crippen LogP contribution is 2.13. The lowest BCUT2D eigenvalue weighted by Crippen LogP contribution is -2.04. The van der Waals surface area contributed by atoms with E-state index in [9.17, 15) is 0 Å². The molecule has 0 fully saturated rings. The maximum atomic E-state index is 5.71. The molecule has 2 aromatic rings. The minimum Gasteiger partial charge on any atom is -0.366 e. The highest BCUT2D eigenvalue weighted by molar-refractivity contribution is 6.28. The fourth-order valence-electron chi connectivity index (χ4n) is 1.34. The van der Waals surface area contributed by atoms with Crippen LogP contribution in [0.2, 0.25) is 5.28 Å². The second-order valence-electron chi connectivity index (χ2n) is 3.42. The van der Waals surface area contributed by atoms with Crippen LogP contribution in [0, 0.1) is 13.1 Å². The maximum absolute atomic E-state index is 5.71. The van der Waals surface area contributed by atoms with Gasteiger partial charge in [0.2, 0.25) is 5.28 Å². The molecule has 0 atom stereocenters. The molecule has 3 nitrogen and oxygen atoms in total. The Kier molecular flexibility index (Phi) is 3.37. The molecule has 1 radical (unpaired) electrons. The van der Waals surface area contributed by atoms with Gasteiger partial charge in [-0.15, -0.1) is 0 Å². The van der Waals surface area contributed by atoms with Crippen molar-refractivity contribution in [3.8, 4) is 0 Å². The number of nitrogens with one attached hydrogen (secondary N) is 1. The van der Waals surface area contributed by atoms with Crippen molar-refractivity contribution in [1.29, 1.82) is 0 Å². The summed E-state index contributed by atoms with van der Waals surface area (Å²) < 4.78 is 0. The van der Waals surface area contributed by atoms with Crippen molar-refractivity contribution in [2.75, 3.05) is 5.32 Å². The standard InChI is InChI=1S/C12H11ClN3/c1-9-7-15-12(13)16-11(9)14-8-10-5-3-2-4-6-10/h2-6H,8H2,1H3,(H,14,15,16). The summed E-state index contributed by atoms with van der Waals surface area (Å²) in [5.74, 6) is 0.726. The van der Waals surface area contributed by atoms with E-state index in [1.807, 2.05) is 25.1 Å². The zero-order valence-electron chi connectivity index (χ0n) is 8.87. The van der Waals surface area contributed by atoms with Crippen molar-refractivity contribution >= 4 is 17.4 Å². The SMILES string of the molecule is Cc1[c]nc(Cl)nc1NCc1ccccc1. The number of aryl methyl sites for hydroxylation is 1. The van der Waals surface area contributed by atoms with E-state index >= 15 is 0 Å². The van der Waals surface area contributed by atoms with Crippen molar-refractivity contribution in [1.82, 2.24) is 9.97 Å². The van der Waals surface area contributed by atoms with E-state index < -0.39 is 0 Å². The fourth-order valence-corrected chi connectivity index (χ4v) is 1.46. The highest BCUT2D eigenvalue weighted by Gasteiger charge is 2.02. The van der Waals surface area contributed by atoms with Crippen LogP contribution in [0.1, 0.15) is 11.1 Å². The molecule has 0 aliphatic rings. The third-order valence-corrected chi connectivity index (χ3v) is 2.35. The van der Waals surface area contributed by atoms with E-state index in [-0.39, 0.29) is 5.28 Å². The van der Waals surface area contributed by atoms with Gasteiger partial charge < -0.3 is 5.32 Å². The molecule has 1 N–H and O–H groups in total. The normalized spacial score (nSPS) is 10.1. The summed E-state index contributed by atoms with van der Waals surface area (Å²) in [6.45, 7) is 2.60. The van der Waals surface area contributed by atoms with E-state index in [2.05, 4.69) is 33.6 Å². The summed E-state index contributed by atoms with van der Waals surface area (Å²) in [6, 6.07) is 10.1. The summed E-state index contributed by atoms with van der Waals surface area (Å²) in [6.07, 6.45) is 2.80. The van der Waals surface area contributed by atoms with E-state index in [0.717, 1.165) is 11.4 Å². The molecule has 1 aromatic heterocycles. The fraction of sp³-hybridized carbons (Fsp3) is 0.167. The van der Waals surface area contributed by atoms with Gasteiger partial charge in [-0.3, -0.25) is 0 Å². The average molecular weight is 233 g/mol. The van der Waals surface area contributed by atoms with Gasteiger partial charge in [0, 0.05) is 12.1 Å².